The highest BCUT2D eigenvalue weighted by Gasteiger charge is 2.32. The Balaban J connectivity index is 1.27. The van der Waals surface area contributed by atoms with E-state index in [4.69, 9.17) is 15.0 Å². The van der Waals surface area contributed by atoms with Crippen molar-refractivity contribution in [2.24, 2.45) is 0 Å². The summed E-state index contributed by atoms with van der Waals surface area (Å²) >= 11 is 0. The van der Waals surface area contributed by atoms with Gasteiger partial charge >= 0.3 is 6.18 Å². The molecule has 0 fully saturated rings. The molecule has 12 heteroatoms. The molecule has 0 radical (unpaired) electrons. The Bertz CT molecular complexity index is 3870. The van der Waals surface area contributed by atoms with Crippen LogP contribution in [-0.2, 0) is 6.18 Å². The molecule has 3 aromatic heterocycles. The van der Waals surface area contributed by atoms with Crippen molar-refractivity contribution in [3.05, 3.63) is 198 Å². The number of hydrogen-bond acceptors (Lipinski definition) is 7. The maximum Gasteiger partial charge on any atom is 0.416 e. The monoisotopic (exact) mass is 883 g/mol. The van der Waals surface area contributed by atoms with Crippen LogP contribution in [-0.4, -0.2) is 24.1 Å². The van der Waals surface area contributed by atoms with Crippen LogP contribution in [0.1, 0.15) is 27.8 Å². The number of hydrogen-bond donors (Lipinski definition) is 0. The Labute approximate surface area is 385 Å². The second-order valence-electron chi connectivity index (χ2n) is 16.0. The summed E-state index contributed by atoms with van der Waals surface area (Å²) in [4.78, 5) is 14.9. The van der Waals surface area contributed by atoms with Gasteiger partial charge in [-0.05, 0) is 97.1 Å². The fourth-order valence-electron chi connectivity index (χ4n) is 8.99. The highest BCUT2D eigenvalue weighted by molar-refractivity contribution is 6.12. The maximum absolute atomic E-state index is 15.1. The molecule has 3 heterocycles. The van der Waals surface area contributed by atoms with E-state index in [1.165, 1.54) is 6.07 Å². The molecule has 11 aromatic rings. The first kappa shape index (κ1) is 40.9. The lowest BCUT2D eigenvalue weighted by Gasteiger charge is -2.21. The minimum atomic E-state index is -4.74. The van der Waals surface area contributed by atoms with Crippen LogP contribution in [0.25, 0.3) is 100 Å². The number of alkyl halides is 3. The van der Waals surface area contributed by atoms with E-state index in [1.54, 1.807) is 84.9 Å². The van der Waals surface area contributed by atoms with Crippen LogP contribution in [0.3, 0.4) is 0 Å². The second-order valence-corrected chi connectivity index (χ2v) is 16.0. The van der Waals surface area contributed by atoms with Gasteiger partial charge in [0.2, 0.25) is 0 Å². The summed E-state index contributed by atoms with van der Waals surface area (Å²) < 4.78 is 49.0. The molecule has 0 aliphatic heterocycles. The number of nitriles is 4. The highest BCUT2D eigenvalue weighted by Crippen LogP contribution is 2.44. The standard InChI is InChI=1S/C56H28F3N9/c57-56(58,59)40-16-22-51(67-47-18-11-33(29-60)23-42(47)43-24-34(30-61)12-19-48(43)67)46(28-40)41-17-15-39(55-65-53(37-7-3-1-4-8-37)64-54(66-55)38-9-5-2-6-10-38)27-52(41)68-49-20-13-35(31-62)25-44(49)45-26-36(32-63)14-21-50(45)68/h1-28H. The van der Waals surface area contributed by atoms with Crippen molar-refractivity contribution in [2.75, 3.05) is 0 Å². The molecule has 0 unspecified atom stereocenters. The van der Waals surface area contributed by atoms with E-state index in [0.29, 0.717) is 106 Å². The Morgan fingerprint density at radius 3 is 1.16 bits per heavy atom. The average Bonchev–Trinajstić information content (AvgIpc) is 3.89. The van der Waals surface area contributed by atoms with Crippen LogP contribution in [0.2, 0.25) is 0 Å². The summed E-state index contributed by atoms with van der Waals surface area (Å²) in [6, 6.07) is 57.4. The van der Waals surface area contributed by atoms with Crippen LogP contribution < -0.4 is 0 Å². The molecule has 9 nitrogen and oxygen atoms in total. The van der Waals surface area contributed by atoms with Crippen molar-refractivity contribution in [1.29, 1.82) is 21.0 Å². The predicted octanol–water partition coefficient (Wildman–Crippen LogP) is 13.2. The fraction of sp³-hybridized carbons (Fsp3) is 0.0179. The normalized spacial score (nSPS) is 11.4. The third kappa shape index (κ3) is 6.82. The first-order valence-corrected chi connectivity index (χ1v) is 21.1. The number of nitrogens with zero attached hydrogens (tertiary/aromatic N) is 9. The number of benzene rings is 8. The van der Waals surface area contributed by atoms with Gasteiger partial charge in [-0.25, -0.2) is 15.0 Å². The smallest absolute Gasteiger partial charge is 0.309 e. The third-order valence-electron chi connectivity index (χ3n) is 12.1. The van der Waals surface area contributed by atoms with Crippen LogP contribution in [0.15, 0.2) is 170 Å². The van der Waals surface area contributed by atoms with Gasteiger partial charge in [0, 0.05) is 49.4 Å². The summed E-state index contributed by atoms with van der Waals surface area (Å²) in [5, 5.41) is 42.5. The number of fused-ring (bicyclic) bond motifs is 6. The van der Waals surface area contributed by atoms with Crippen LogP contribution in [0.5, 0.6) is 0 Å². The fourth-order valence-corrected chi connectivity index (χ4v) is 8.99. The third-order valence-corrected chi connectivity index (χ3v) is 12.1. The topological polar surface area (TPSA) is 144 Å². The predicted molar refractivity (Wildman–Crippen MR) is 254 cm³/mol. The van der Waals surface area contributed by atoms with Crippen molar-refractivity contribution in [2.45, 2.75) is 6.18 Å². The lowest BCUT2D eigenvalue weighted by Crippen LogP contribution is -2.08. The Morgan fingerprint density at radius 1 is 0.368 bits per heavy atom. The molecule has 0 atom stereocenters. The molecule has 0 saturated heterocycles. The van der Waals surface area contributed by atoms with E-state index in [1.807, 2.05) is 75.9 Å². The minimum Gasteiger partial charge on any atom is -0.309 e. The van der Waals surface area contributed by atoms with Gasteiger partial charge in [0.15, 0.2) is 17.5 Å². The zero-order valence-corrected chi connectivity index (χ0v) is 35.3. The Kier molecular flexibility index (Phi) is 9.60. The van der Waals surface area contributed by atoms with E-state index in [-0.39, 0.29) is 5.56 Å². The molecule has 0 bridgehead atoms. The van der Waals surface area contributed by atoms with Gasteiger partial charge in [-0.15, -0.1) is 0 Å². The van der Waals surface area contributed by atoms with Gasteiger partial charge in [-0.2, -0.15) is 34.2 Å². The Hall–Kier alpha value is -9.88. The number of halogens is 3. The molecular weight excluding hydrogens is 856 g/mol. The average molecular weight is 884 g/mol. The molecule has 68 heavy (non-hydrogen) atoms. The molecule has 318 valence electrons. The zero-order chi connectivity index (χ0) is 46.7. The van der Waals surface area contributed by atoms with Crippen molar-refractivity contribution in [3.63, 3.8) is 0 Å². The summed E-state index contributed by atoms with van der Waals surface area (Å²) in [5.74, 6) is 1.13. The van der Waals surface area contributed by atoms with Crippen LogP contribution >= 0.6 is 0 Å². The lowest BCUT2D eigenvalue weighted by molar-refractivity contribution is -0.137. The van der Waals surface area contributed by atoms with Gasteiger partial charge < -0.3 is 9.13 Å². The molecule has 0 saturated carbocycles. The summed E-state index contributed by atoms with van der Waals surface area (Å²) in [6.07, 6.45) is -4.74. The maximum atomic E-state index is 15.1. The molecule has 0 aliphatic carbocycles. The largest absolute Gasteiger partial charge is 0.416 e. The lowest BCUT2D eigenvalue weighted by atomic mass is 9.96. The summed E-state index contributed by atoms with van der Waals surface area (Å²) in [5.41, 5.74) is 6.52. The van der Waals surface area contributed by atoms with E-state index in [9.17, 15) is 21.0 Å². The minimum absolute atomic E-state index is 0.205. The summed E-state index contributed by atoms with van der Waals surface area (Å²) in [6.45, 7) is 0. The molecule has 8 aromatic carbocycles. The molecule has 0 N–H and O–H groups in total. The SMILES string of the molecule is N#Cc1ccc2c(c1)c1cc(C#N)ccc1n2-c1ccc(C(F)(F)F)cc1-c1ccc(-c2nc(-c3ccccc3)nc(-c3ccccc3)n2)cc1-n1c2ccc(C#N)cc2c2cc(C#N)ccc21. The first-order chi connectivity index (χ1) is 33.1. The quantitative estimate of drug-likeness (QED) is 0.162. The van der Waals surface area contributed by atoms with Crippen LogP contribution in [0.4, 0.5) is 13.2 Å². The van der Waals surface area contributed by atoms with Gasteiger partial charge in [0.05, 0.1) is 85.5 Å². The molecule has 0 spiro atoms. The highest BCUT2D eigenvalue weighted by atomic mass is 19.4. The van der Waals surface area contributed by atoms with Crippen molar-refractivity contribution >= 4 is 43.6 Å². The van der Waals surface area contributed by atoms with E-state index in [0.717, 1.165) is 23.3 Å². The van der Waals surface area contributed by atoms with E-state index in [2.05, 4.69) is 24.3 Å². The Morgan fingerprint density at radius 2 is 0.765 bits per heavy atom. The van der Waals surface area contributed by atoms with Gasteiger partial charge in [-0.1, -0.05) is 72.8 Å². The van der Waals surface area contributed by atoms with Crippen molar-refractivity contribution < 1.29 is 13.2 Å². The molecule has 0 aliphatic rings. The van der Waals surface area contributed by atoms with Crippen molar-refractivity contribution in [3.8, 4) is 80.9 Å². The van der Waals surface area contributed by atoms with Crippen molar-refractivity contribution in [1.82, 2.24) is 24.1 Å². The molecular formula is C56H28F3N9. The van der Waals surface area contributed by atoms with E-state index >= 15 is 13.2 Å². The number of rotatable bonds is 6. The van der Waals surface area contributed by atoms with Gasteiger partial charge in [-0.3, -0.25) is 0 Å². The molecule has 11 rings (SSSR count). The zero-order valence-electron chi connectivity index (χ0n) is 35.3. The van der Waals surface area contributed by atoms with Gasteiger partial charge in [0.1, 0.15) is 0 Å². The van der Waals surface area contributed by atoms with E-state index < -0.39 is 11.7 Å². The molecule has 0 amide bonds. The van der Waals surface area contributed by atoms with Gasteiger partial charge in [0.25, 0.3) is 0 Å². The summed E-state index contributed by atoms with van der Waals surface area (Å²) in [7, 11) is 0. The number of aromatic nitrogens is 5. The first-order valence-electron chi connectivity index (χ1n) is 21.1. The van der Waals surface area contributed by atoms with Crippen LogP contribution in [0, 0.1) is 45.3 Å². The second kappa shape index (κ2) is 16.0.